The number of amides is 1. The molecule has 0 radical (unpaired) electrons. The molecule has 1 N–H and O–H groups in total. The van der Waals surface area contributed by atoms with Gasteiger partial charge in [-0.2, -0.15) is 0 Å². The lowest BCUT2D eigenvalue weighted by atomic mass is 9.88. The lowest BCUT2D eigenvalue weighted by molar-refractivity contribution is -0.123. The van der Waals surface area contributed by atoms with E-state index in [-0.39, 0.29) is 17.9 Å². The van der Waals surface area contributed by atoms with E-state index in [4.69, 9.17) is 27.9 Å². The first-order valence-corrected chi connectivity index (χ1v) is 7.55. The summed E-state index contributed by atoms with van der Waals surface area (Å²) in [5.74, 6) is 1.15. The lowest BCUT2D eigenvalue weighted by Gasteiger charge is -2.24. The Morgan fingerprint density at radius 3 is 2.55 bits per heavy atom. The second kappa shape index (κ2) is 8.38. The molecule has 0 aliphatic rings. The summed E-state index contributed by atoms with van der Waals surface area (Å²) in [7, 11) is 0. The molecule has 0 bridgehead atoms. The van der Waals surface area contributed by atoms with E-state index < -0.39 is 0 Å². The Hall–Kier alpha value is -0.930. The van der Waals surface area contributed by atoms with Crippen LogP contribution in [-0.4, -0.2) is 24.9 Å². The highest BCUT2D eigenvalue weighted by Gasteiger charge is 2.18. The van der Waals surface area contributed by atoms with Gasteiger partial charge in [-0.1, -0.05) is 25.4 Å². The molecule has 0 heterocycles. The van der Waals surface area contributed by atoms with Crippen LogP contribution in [-0.2, 0) is 4.79 Å². The maximum atomic E-state index is 11.7. The van der Waals surface area contributed by atoms with Gasteiger partial charge < -0.3 is 10.1 Å². The number of halogens is 2. The van der Waals surface area contributed by atoms with Crippen molar-refractivity contribution in [2.24, 2.45) is 5.41 Å². The van der Waals surface area contributed by atoms with Gasteiger partial charge in [-0.05, 0) is 42.5 Å². The molecule has 0 fully saturated rings. The predicted octanol–water partition coefficient (Wildman–Crippen LogP) is 3.88. The molecule has 0 atom stereocenters. The molecule has 20 heavy (non-hydrogen) atoms. The second-order valence-corrected chi connectivity index (χ2v) is 6.29. The Kier molecular flexibility index (Phi) is 7.17. The van der Waals surface area contributed by atoms with Crippen LogP contribution in [0.4, 0.5) is 0 Å². The first kappa shape index (κ1) is 17.1. The Morgan fingerprint density at radius 1 is 1.30 bits per heavy atom. The summed E-state index contributed by atoms with van der Waals surface area (Å²) in [6, 6.07) is 6.92. The molecular formula is C15H21Cl2NO2. The number of ether oxygens (including phenoxy) is 1. The molecule has 1 aromatic carbocycles. The van der Waals surface area contributed by atoms with Gasteiger partial charge in [-0.25, -0.2) is 0 Å². The minimum absolute atomic E-state index is 0.00716. The minimum Gasteiger partial charge on any atom is -0.484 e. The van der Waals surface area contributed by atoms with Crippen LogP contribution in [0, 0.1) is 5.41 Å². The number of alkyl halides is 1. The molecule has 0 aliphatic heterocycles. The van der Waals surface area contributed by atoms with Gasteiger partial charge in [0.2, 0.25) is 0 Å². The van der Waals surface area contributed by atoms with Gasteiger partial charge in [0.25, 0.3) is 5.91 Å². The van der Waals surface area contributed by atoms with Gasteiger partial charge >= 0.3 is 0 Å². The van der Waals surface area contributed by atoms with Crippen molar-refractivity contribution in [3.63, 3.8) is 0 Å². The Morgan fingerprint density at radius 2 is 1.95 bits per heavy atom. The minimum atomic E-state index is -0.126. The molecule has 0 aliphatic carbocycles. The molecule has 112 valence electrons. The van der Waals surface area contributed by atoms with Crippen LogP contribution < -0.4 is 10.1 Å². The number of carbonyl (C=O) groups is 1. The monoisotopic (exact) mass is 317 g/mol. The first-order valence-electron chi connectivity index (χ1n) is 6.64. The molecule has 1 amide bonds. The zero-order valence-electron chi connectivity index (χ0n) is 11.9. The third kappa shape index (κ3) is 7.01. The molecular weight excluding hydrogens is 297 g/mol. The molecule has 0 spiro atoms. The smallest absolute Gasteiger partial charge is 0.257 e. The lowest BCUT2D eigenvalue weighted by Crippen LogP contribution is -2.36. The van der Waals surface area contributed by atoms with Crippen LogP contribution in [0.2, 0.25) is 5.02 Å². The standard InChI is InChI=1S/C15H21Cl2NO2/c1-15(2,8-3-9-16)11-18-14(19)10-20-13-6-4-12(17)5-7-13/h4-7H,3,8-11H2,1-2H3,(H,18,19). The van der Waals surface area contributed by atoms with Crippen LogP contribution in [0.5, 0.6) is 5.75 Å². The van der Waals surface area contributed by atoms with Gasteiger partial charge in [-0.3, -0.25) is 4.79 Å². The van der Waals surface area contributed by atoms with E-state index in [1.165, 1.54) is 0 Å². The van der Waals surface area contributed by atoms with Gasteiger partial charge in [0.15, 0.2) is 6.61 Å². The Balaban J connectivity index is 2.28. The van der Waals surface area contributed by atoms with E-state index in [1.807, 2.05) is 0 Å². The number of hydrogen-bond acceptors (Lipinski definition) is 2. The fraction of sp³-hybridized carbons (Fsp3) is 0.533. The van der Waals surface area contributed by atoms with Gasteiger partial charge in [-0.15, -0.1) is 11.6 Å². The number of carbonyl (C=O) groups excluding carboxylic acids is 1. The van der Waals surface area contributed by atoms with Crippen LogP contribution in [0.15, 0.2) is 24.3 Å². The Bertz CT molecular complexity index is 418. The SMILES string of the molecule is CC(C)(CCCCl)CNC(=O)COc1ccc(Cl)cc1. The largest absolute Gasteiger partial charge is 0.484 e. The molecule has 0 saturated carbocycles. The van der Waals surface area contributed by atoms with E-state index in [1.54, 1.807) is 24.3 Å². The maximum absolute atomic E-state index is 11.7. The van der Waals surface area contributed by atoms with Crippen molar-refractivity contribution in [1.29, 1.82) is 0 Å². The average molecular weight is 318 g/mol. The molecule has 1 rings (SSSR count). The van der Waals surface area contributed by atoms with Crippen molar-refractivity contribution in [3.05, 3.63) is 29.3 Å². The van der Waals surface area contributed by atoms with Crippen molar-refractivity contribution in [2.45, 2.75) is 26.7 Å². The summed E-state index contributed by atoms with van der Waals surface area (Å²) in [5.41, 5.74) is 0.0465. The third-order valence-electron chi connectivity index (χ3n) is 2.93. The van der Waals surface area contributed by atoms with Gasteiger partial charge in [0.05, 0.1) is 0 Å². The van der Waals surface area contributed by atoms with Crippen LogP contribution in [0.1, 0.15) is 26.7 Å². The van der Waals surface area contributed by atoms with Crippen LogP contribution >= 0.6 is 23.2 Å². The van der Waals surface area contributed by atoms with Crippen molar-refractivity contribution >= 4 is 29.1 Å². The molecule has 0 unspecified atom stereocenters. The van der Waals surface area contributed by atoms with E-state index >= 15 is 0 Å². The number of rotatable bonds is 8. The highest BCUT2D eigenvalue weighted by molar-refractivity contribution is 6.30. The molecule has 1 aromatic rings. The molecule has 0 aromatic heterocycles. The van der Waals surface area contributed by atoms with E-state index in [0.29, 0.717) is 23.2 Å². The number of benzene rings is 1. The second-order valence-electron chi connectivity index (χ2n) is 5.48. The summed E-state index contributed by atoms with van der Waals surface area (Å²) < 4.78 is 5.38. The zero-order chi connectivity index (χ0) is 15.0. The van der Waals surface area contributed by atoms with Gasteiger partial charge in [0, 0.05) is 17.4 Å². The predicted molar refractivity (Wildman–Crippen MR) is 83.7 cm³/mol. The fourth-order valence-electron chi connectivity index (χ4n) is 1.70. The zero-order valence-corrected chi connectivity index (χ0v) is 13.4. The summed E-state index contributed by atoms with van der Waals surface area (Å²) in [6.07, 6.45) is 1.93. The normalized spacial score (nSPS) is 11.2. The first-order chi connectivity index (χ1) is 9.43. The Labute approximate surface area is 130 Å². The van der Waals surface area contributed by atoms with Crippen LogP contribution in [0.3, 0.4) is 0 Å². The average Bonchev–Trinajstić information content (AvgIpc) is 2.42. The van der Waals surface area contributed by atoms with Crippen molar-refractivity contribution in [3.8, 4) is 5.75 Å². The van der Waals surface area contributed by atoms with Crippen LogP contribution in [0.25, 0.3) is 0 Å². The fourth-order valence-corrected chi connectivity index (χ4v) is 1.96. The number of nitrogens with one attached hydrogen (secondary N) is 1. The quantitative estimate of drug-likeness (QED) is 0.739. The summed E-state index contributed by atoms with van der Waals surface area (Å²) in [6.45, 7) is 4.85. The summed E-state index contributed by atoms with van der Waals surface area (Å²) in [4.78, 5) is 11.7. The molecule has 3 nitrogen and oxygen atoms in total. The highest BCUT2D eigenvalue weighted by atomic mass is 35.5. The topological polar surface area (TPSA) is 38.3 Å². The third-order valence-corrected chi connectivity index (χ3v) is 3.45. The molecule has 5 heteroatoms. The van der Waals surface area contributed by atoms with Crippen molar-refractivity contribution in [1.82, 2.24) is 5.32 Å². The van der Waals surface area contributed by atoms with Gasteiger partial charge in [0.1, 0.15) is 5.75 Å². The summed E-state index contributed by atoms with van der Waals surface area (Å²) in [5, 5.41) is 3.52. The van der Waals surface area contributed by atoms with E-state index in [0.717, 1.165) is 12.8 Å². The van der Waals surface area contributed by atoms with E-state index in [9.17, 15) is 4.79 Å². The maximum Gasteiger partial charge on any atom is 0.257 e. The van der Waals surface area contributed by atoms with E-state index in [2.05, 4.69) is 19.2 Å². The number of hydrogen-bond donors (Lipinski definition) is 1. The highest BCUT2D eigenvalue weighted by Crippen LogP contribution is 2.21. The van der Waals surface area contributed by atoms with Crippen molar-refractivity contribution in [2.75, 3.05) is 19.0 Å². The molecule has 0 saturated heterocycles. The van der Waals surface area contributed by atoms with Crippen molar-refractivity contribution < 1.29 is 9.53 Å². The summed E-state index contributed by atoms with van der Waals surface area (Å²) >= 11 is 11.5.